The van der Waals surface area contributed by atoms with E-state index in [9.17, 15) is 9.59 Å². The first-order chi connectivity index (χ1) is 8.85. The molecule has 0 bridgehead atoms. The number of carboxylic acid groups (broad SMARTS) is 1. The van der Waals surface area contributed by atoms with E-state index in [2.05, 4.69) is 36.5 Å². The summed E-state index contributed by atoms with van der Waals surface area (Å²) in [5.74, 6) is -1.56. The van der Waals surface area contributed by atoms with E-state index in [0.717, 1.165) is 12.0 Å². The number of amides is 1. The highest BCUT2D eigenvalue weighted by Gasteiger charge is 2.21. The van der Waals surface area contributed by atoms with Crippen molar-refractivity contribution in [3.8, 4) is 0 Å². The van der Waals surface area contributed by atoms with Crippen LogP contribution in [-0.2, 0) is 21.4 Å². The Hall–Kier alpha value is -1.84. The van der Waals surface area contributed by atoms with E-state index in [0.29, 0.717) is 6.54 Å². The van der Waals surface area contributed by atoms with Gasteiger partial charge in [0.15, 0.2) is 0 Å². The summed E-state index contributed by atoms with van der Waals surface area (Å²) in [5.41, 5.74) is 2.18. The van der Waals surface area contributed by atoms with Crippen molar-refractivity contribution in [1.29, 1.82) is 0 Å². The minimum absolute atomic E-state index is 0.222. The molecule has 0 spiro atoms. The van der Waals surface area contributed by atoms with Crippen LogP contribution in [0.4, 0.5) is 0 Å². The minimum atomic E-state index is -1.11. The van der Waals surface area contributed by atoms with Gasteiger partial charge >= 0.3 is 5.97 Å². The van der Waals surface area contributed by atoms with Crippen LogP contribution in [0.2, 0.25) is 0 Å². The lowest BCUT2D eigenvalue weighted by Crippen LogP contribution is -2.37. The standard InChI is InChI=1S/C15H21NO3/c1-4-11-5-7-12(8-6-11)15(2,3)10-16-13(17)9-14(18)19/h5-8H,4,9-10H2,1-3H3,(H,16,17)(H,18,19). The summed E-state index contributed by atoms with van der Waals surface area (Å²) in [5, 5.41) is 11.2. The molecular weight excluding hydrogens is 242 g/mol. The Bertz CT molecular complexity index is 449. The zero-order chi connectivity index (χ0) is 14.5. The summed E-state index contributed by atoms with van der Waals surface area (Å²) >= 11 is 0. The van der Waals surface area contributed by atoms with Gasteiger partial charge in [-0.15, -0.1) is 0 Å². The van der Waals surface area contributed by atoms with Crippen molar-refractivity contribution in [3.05, 3.63) is 35.4 Å². The van der Waals surface area contributed by atoms with Crippen molar-refractivity contribution in [2.24, 2.45) is 0 Å². The average molecular weight is 263 g/mol. The lowest BCUT2D eigenvalue weighted by molar-refractivity contribution is -0.140. The van der Waals surface area contributed by atoms with E-state index in [1.807, 2.05) is 13.8 Å². The van der Waals surface area contributed by atoms with Crippen molar-refractivity contribution in [1.82, 2.24) is 5.32 Å². The number of benzene rings is 1. The fourth-order valence-corrected chi connectivity index (χ4v) is 1.81. The molecule has 0 saturated carbocycles. The van der Waals surface area contributed by atoms with E-state index in [-0.39, 0.29) is 5.41 Å². The third kappa shape index (κ3) is 4.73. The number of carbonyl (C=O) groups excluding carboxylic acids is 1. The van der Waals surface area contributed by atoms with Crippen molar-refractivity contribution >= 4 is 11.9 Å². The molecule has 0 heterocycles. The number of nitrogens with one attached hydrogen (secondary N) is 1. The maximum absolute atomic E-state index is 11.3. The first kappa shape index (κ1) is 15.2. The van der Waals surface area contributed by atoms with Gasteiger partial charge in [-0.05, 0) is 17.5 Å². The summed E-state index contributed by atoms with van der Waals surface area (Å²) < 4.78 is 0. The van der Waals surface area contributed by atoms with Gasteiger partial charge in [0.25, 0.3) is 0 Å². The predicted molar refractivity (Wildman–Crippen MR) is 74.1 cm³/mol. The molecule has 0 aliphatic heterocycles. The lowest BCUT2D eigenvalue weighted by Gasteiger charge is -2.25. The smallest absolute Gasteiger partial charge is 0.312 e. The van der Waals surface area contributed by atoms with E-state index in [4.69, 9.17) is 5.11 Å². The summed E-state index contributed by atoms with van der Waals surface area (Å²) in [4.78, 5) is 21.8. The molecule has 1 aromatic rings. The Morgan fingerprint density at radius 3 is 2.26 bits per heavy atom. The summed E-state index contributed by atoms with van der Waals surface area (Å²) in [7, 11) is 0. The van der Waals surface area contributed by atoms with Crippen LogP contribution in [0.25, 0.3) is 0 Å². The molecular formula is C15H21NO3. The largest absolute Gasteiger partial charge is 0.481 e. The zero-order valence-corrected chi connectivity index (χ0v) is 11.7. The first-order valence-corrected chi connectivity index (χ1v) is 6.43. The van der Waals surface area contributed by atoms with Crippen LogP contribution in [0.15, 0.2) is 24.3 Å². The zero-order valence-electron chi connectivity index (χ0n) is 11.7. The number of aryl methyl sites for hydroxylation is 1. The van der Waals surface area contributed by atoms with Crippen LogP contribution in [0, 0.1) is 0 Å². The van der Waals surface area contributed by atoms with Gasteiger partial charge in [0.1, 0.15) is 6.42 Å². The topological polar surface area (TPSA) is 66.4 Å². The molecule has 104 valence electrons. The summed E-state index contributed by atoms with van der Waals surface area (Å²) in [6.45, 7) is 6.57. The monoisotopic (exact) mass is 263 g/mol. The van der Waals surface area contributed by atoms with Gasteiger partial charge in [-0.1, -0.05) is 45.0 Å². The van der Waals surface area contributed by atoms with Crippen molar-refractivity contribution < 1.29 is 14.7 Å². The fourth-order valence-electron chi connectivity index (χ4n) is 1.81. The fraction of sp³-hybridized carbons (Fsp3) is 0.467. The highest BCUT2D eigenvalue weighted by molar-refractivity contribution is 5.93. The van der Waals surface area contributed by atoms with E-state index >= 15 is 0 Å². The second-order valence-corrected chi connectivity index (χ2v) is 5.28. The van der Waals surface area contributed by atoms with Gasteiger partial charge in [0.05, 0.1) is 0 Å². The molecule has 0 atom stereocenters. The first-order valence-electron chi connectivity index (χ1n) is 6.43. The maximum atomic E-state index is 11.3. The normalized spacial score (nSPS) is 11.1. The van der Waals surface area contributed by atoms with E-state index in [1.165, 1.54) is 5.56 Å². The highest BCUT2D eigenvalue weighted by atomic mass is 16.4. The molecule has 1 aromatic carbocycles. The Labute approximate surface area is 113 Å². The number of hydrogen-bond donors (Lipinski definition) is 2. The van der Waals surface area contributed by atoms with Gasteiger partial charge in [-0.2, -0.15) is 0 Å². The second kappa shape index (κ2) is 6.36. The van der Waals surface area contributed by atoms with Crippen LogP contribution in [0.3, 0.4) is 0 Å². The molecule has 1 rings (SSSR count). The Morgan fingerprint density at radius 1 is 1.21 bits per heavy atom. The van der Waals surface area contributed by atoms with Crippen LogP contribution < -0.4 is 5.32 Å². The second-order valence-electron chi connectivity index (χ2n) is 5.28. The molecule has 0 aromatic heterocycles. The van der Waals surface area contributed by atoms with E-state index < -0.39 is 18.3 Å². The molecule has 0 aliphatic carbocycles. The van der Waals surface area contributed by atoms with Crippen LogP contribution in [0.1, 0.15) is 38.3 Å². The summed E-state index contributed by atoms with van der Waals surface area (Å²) in [6.07, 6.45) is 0.515. The molecule has 4 heteroatoms. The highest BCUT2D eigenvalue weighted by Crippen LogP contribution is 2.22. The SMILES string of the molecule is CCc1ccc(C(C)(C)CNC(=O)CC(=O)O)cc1. The van der Waals surface area contributed by atoms with Crippen LogP contribution in [-0.4, -0.2) is 23.5 Å². The predicted octanol–water partition coefficient (Wildman–Crippen LogP) is 2.12. The van der Waals surface area contributed by atoms with Gasteiger partial charge < -0.3 is 10.4 Å². The lowest BCUT2D eigenvalue weighted by atomic mass is 9.84. The number of aliphatic carboxylic acids is 1. The van der Waals surface area contributed by atoms with E-state index in [1.54, 1.807) is 0 Å². The molecule has 0 unspecified atom stereocenters. The molecule has 0 saturated heterocycles. The van der Waals surface area contributed by atoms with Gasteiger partial charge in [0, 0.05) is 12.0 Å². The Balaban J connectivity index is 2.63. The molecule has 0 aliphatic rings. The number of hydrogen-bond acceptors (Lipinski definition) is 2. The van der Waals surface area contributed by atoms with Crippen molar-refractivity contribution in [2.75, 3.05) is 6.54 Å². The summed E-state index contributed by atoms with van der Waals surface area (Å²) in [6, 6.07) is 8.27. The van der Waals surface area contributed by atoms with Gasteiger partial charge in [0.2, 0.25) is 5.91 Å². The number of carbonyl (C=O) groups is 2. The van der Waals surface area contributed by atoms with Gasteiger partial charge in [-0.25, -0.2) is 0 Å². The molecule has 19 heavy (non-hydrogen) atoms. The van der Waals surface area contributed by atoms with Gasteiger partial charge in [-0.3, -0.25) is 9.59 Å². The van der Waals surface area contributed by atoms with Crippen molar-refractivity contribution in [2.45, 2.75) is 39.0 Å². The van der Waals surface area contributed by atoms with Crippen LogP contribution >= 0.6 is 0 Å². The molecule has 0 fully saturated rings. The Kier molecular flexibility index (Phi) is 5.10. The number of carboxylic acids is 1. The third-order valence-electron chi connectivity index (χ3n) is 3.18. The van der Waals surface area contributed by atoms with Crippen LogP contribution in [0.5, 0.6) is 0 Å². The quantitative estimate of drug-likeness (QED) is 0.773. The van der Waals surface area contributed by atoms with Crippen molar-refractivity contribution in [3.63, 3.8) is 0 Å². The Morgan fingerprint density at radius 2 is 1.79 bits per heavy atom. The third-order valence-corrected chi connectivity index (χ3v) is 3.18. The molecule has 2 N–H and O–H groups in total. The maximum Gasteiger partial charge on any atom is 0.312 e. The minimum Gasteiger partial charge on any atom is -0.481 e. The molecule has 4 nitrogen and oxygen atoms in total. The average Bonchev–Trinajstić information content (AvgIpc) is 2.36. The molecule has 0 radical (unpaired) electrons. The molecule has 1 amide bonds. The number of rotatable bonds is 6.